The standard InChI is InChI=1S/C17H17BrClNO2/c1-11(2)12-7-8-16(13(18)9-12)22-10-17(21)20-15-6-4-3-5-14(15)19/h3-9,11H,10H2,1-2H3,(H,20,21). The predicted molar refractivity (Wildman–Crippen MR) is 93.8 cm³/mol. The molecule has 2 rings (SSSR count). The Bertz CT molecular complexity index is 673. The van der Waals surface area contributed by atoms with Gasteiger partial charge in [0, 0.05) is 0 Å². The molecule has 3 nitrogen and oxygen atoms in total. The normalized spacial score (nSPS) is 10.6. The Hall–Kier alpha value is -1.52. The Labute approximate surface area is 143 Å². The summed E-state index contributed by atoms with van der Waals surface area (Å²) in [5, 5.41) is 3.22. The topological polar surface area (TPSA) is 38.3 Å². The Morgan fingerprint density at radius 1 is 1.27 bits per heavy atom. The third kappa shape index (κ3) is 4.49. The maximum absolute atomic E-state index is 11.9. The van der Waals surface area contributed by atoms with Crippen molar-refractivity contribution >= 4 is 39.1 Å². The van der Waals surface area contributed by atoms with Gasteiger partial charge in [-0.25, -0.2) is 0 Å². The highest BCUT2D eigenvalue weighted by atomic mass is 79.9. The van der Waals surface area contributed by atoms with Crippen LogP contribution in [-0.4, -0.2) is 12.5 Å². The van der Waals surface area contributed by atoms with Gasteiger partial charge in [0.15, 0.2) is 6.61 Å². The van der Waals surface area contributed by atoms with E-state index in [2.05, 4.69) is 35.1 Å². The van der Waals surface area contributed by atoms with Crippen LogP contribution in [0.4, 0.5) is 5.69 Å². The Balaban J connectivity index is 1.95. The molecule has 0 saturated heterocycles. The van der Waals surface area contributed by atoms with Crippen molar-refractivity contribution in [3.05, 3.63) is 57.5 Å². The van der Waals surface area contributed by atoms with E-state index in [1.54, 1.807) is 12.1 Å². The van der Waals surface area contributed by atoms with Gasteiger partial charge >= 0.3 is 0 Å². The average molecular weight is 383 g/mol. The smallest absolute Gasteiger partial charge is 0.262 e. The molecule has 0 radical (unpaired) electrons. The van der Waals surface area contributed by atoms with E-state index in [9.17, 15) is 4.79 Å². The number of nitrogens with one attached hydrogen (secondary N) is 1. The summed E-state index contributed by atoms with van der Waals surface area (Å²) in [6.07, 6.45) is 0. The van der Waals surface area contributed by atoms with Gasteiger partial charge in [-0.05, 0) is 51.7 Å². The predicted octanol–water partition coefficient (Wildman–Crippen LogP) is 5.24. The third-order valence-corrected chi connectivity index (χ3v) is 4.08. The first-order valence-corrected chi connectivity index (χ1v) is 8.11. The summed E-state index contributed by atoms with van der Waals surface area (Å²) in [6, 6.07) is 12.9. The first-order chi connectivity index (χ1) is 10.5. The summed E-state index contributed by atoms with van der Waals surface area (Å²) in [5.41, 5.74) is 1.78. The molecule has 22 heavy (non-hydrogen) atoms. The highest BCUT2D eigenvalue weighted by Crippen LogP contribution is 2.29. The Morgan fingerprint density at radius 2 is 2.00 bits per heavy atom. The first-order valence-electron chi connectivity index (χ1n) is 6.94. The summed E-state index contributed by atoms with van der Waals surface area (Å²) >= 11 is 9.46. The van der Waals surface area contributed by atoms with E-state index in [0.29, 0.717) is 22.4 Å². The molecule has 0 atom stereocenters. The van der Waals surface area contributed by atoms with Crippen LogP contribution in [0.3, 0.4) is 0 Å². The number of hydrogen-bond donors (Lipinski definition) is 1. The first kappa shape index (κ1) is 16.8. The summed E-state index contributed by atoms with van der Waals surface area (Å²) in [4.78, 5) is 11.9. The van der Waals surface area contributed by atoms with E-state index < -0.39 is 0 Å². The van der Waals surface area contributed by atoms with E-state index in [-0.39, 0.29) is 12.5 Å². The molecule has 0 saturated carbocycles. The van der Waals surface area contributed by atoms with Crippen LogP contribution in [-0.2, 0) is 4.79 Å². The number of para-hydroxylation sites is 1. The van der Waals surface area contributed by atoms with E-state index in [4.69, 9.17) is 16.3 Å². The number of ether oxygens (including phenoxy) is 1. The van der Waals surface area contributed by atoms with Gasteiger partial charge < -0.3 is 10.1 Å². The molecular formula is C17H17BrClNO2. The van der Waals surface area contributed by atoms with E-state index in [1.165, 1.54) is 5.56 Å². The lowest BCUT2D eigenvalue weighted by Gasteiger charge is -2.12. The van der Waals surface area contributed by atoms with Gasteiger partial charge in [-0.15, -0.1) is 0 Å². The highest BCUT2D eigenvalue weighted by Gasteiger charge is 2.09. The summed E-state index contributed by atoms with van der Waals surface area (Å²) in [7, 11) is 0. The second kappa shape index (κ2) is 7.65. The molecule has 0 aliphatic carbocycles. The third-order valence-electron chi connectivity index (χ3n) is 3.13. The molecule has 5 heteroatoms. The van der Waals surface area contributed by atoms with Crippen molar-refractivity contribution in [3.63, 3.8) is 0 Å². The van der Waals surface area contributed by atoms with Crippen molar-refractivity contribution in [2.24, 2.45) is 0 Å². The molecule has 0 aromatic heterocycles. The van der Waals surface area contributed by atoms with Gasteiger partial charge in [0.1, 0.15) is 5.75 Å². The van der Waals surface area contributed by atoms with Crippen molar-refractivity contribution < 1.29 is 9.53 Å². The minimum absolute atomic E-state index is 0.0785. The number of anilines is 1. The maximum atomic E-state index is 11.9. The van der Waals surface area contributed by atoms with Crippen LogP contribution in [0.2, 0.25) is 5.02 Å². The Kier molecular flexibility index (Phi) is 5.86. The number of carbonyl (C=O) groups excluding carboxylic acids is 1. The van der Waals surface area contributed by atoms with E-state index in [0.717, 1.165) is 4.47 Å². The van der Waals surface area contributed by atoms with Gasteiger partial charge in [-0.3, -0.25) is 4.79 Å². The fourth-order valence-electron chi connectivity index (χ4n) is 1.89. The van der Waals surface area contributed by atoms with Gasteiger partial charge in [-0.2, -0.15) is 0 Å². The van der Waals surface area contributed by atoms with Crippen LogP contribution in [0, 0.1) is 0 Å². The SMILES string of the molecule is CC(C)c1ccc(OCC(=O)Nc2ccccc2Cl)c(Br)c1. The van der Waals surface area contributed by atoms with Crippen LogP contribution in [0.15, 0.2) is 46.9 Å². The summed E-state index contributed by atoms with van der Waals surface area (Å²) in [6.45, 7) is 4.17. The van der Waals surface area contributed by atoms with Crippen molar-refractivity contribution in [1.82, 2.24) is 0 Å². The van der Waals surface area contributed by atoms with E-state index in [1.807, 2.05) is 30.3 Å². The molecule has 2 aromatic carbocycles. The largest absolute Gasteiger partial charge is 0.483 e. The van der Waals surface area contributed by atoms with Crippen LogP contribution >= 0.6 is 27.5 Å². The molecule has 1 N–H and O–H groups in total. The lowest BCUT2D eigenvalue weighted by atomic mass is 10.0. The van der Waals surface area contributed by atoms with Crippen molar-refractivity contribution in [1.29, 1.82) is 0 Å². The molecule has 116 valence electrons. The summed E-state index contributed by atoms with van der Waals surface area (Å²) in [5.74, 6) is 0.820. The van der Waals surface area contributed by atoms with Crippen molar-refractivity contribution in [2.45, 2.75) is 19.8 Å². The summed E-state index contributed by atoms with van der Waals surface area (Å²) < 4.78 is 6.38. The van der Waals surface area contributed by atoms with Crippen molar-refractivity contribution in [3.8, 4) is 5.75 Å². The number of hydrogen-bond acceptors (Lipinski definition) is 2. The van der Waals surface area contributed by atoms with Crippen LogP contribution in [0.5, 0.6) is 5.75 Å². The molecular weight excluding hydrogens is 366 g/mol. The number of amides is 1. The molecule has 0 fully saturated rings. The Morgan fingerprint density at radius 3 is 2.64 bits per heavy atom. The second-order valence-corrected chi connectivity index (χ2v) is 6.42. The molecule has 0 spiro atoms. The fourth-order valence-corrected chi connectivity index (χ4v) is 2.58. The van der Waals surface area contributed by atoms with Gasteiger partial charge in [0.25, 0.3) is 5.91 Å². The lowest BCUT2D eigenvalue weighted by molar-refractivity contribution is -0.118. The molecule has 0 unspecified atom stereocenters. The number of halogens is 2. The average Bonchev–Trinajstić information content (AvgIpc) is 2.48. The zero-order chi connectivity index (χ0) is 16.1. The zero-order valence-corrected chi connectivity index (χ0v) is 14.7. The van der Waals surface area contributed by atoms with Crippen molar-refractivity contribution in [2.75, 3.05) is 11.9 Å². The molecule has 0 aliphatic rings. The molecule has 0 heterocycles. The molecule has 1 amide bonds. The van der Waals surface area contributed by atoms with Crippen LogP contribution in [0.1, 0.15) is 25.3 Å². The lowest BCUT2D eigenvalue weighted by Crippen LogP contribution is -2.20. The van der Waals surface area contributed by atoms with Crippen LogP contribution < -0.4 is 10.1 Å². The minimum atomic E-state index is -0.257. The van der Waals surface area contributed by atoms with Gasteiger partial charge in [0.05, 0.1) is 15.2 Å². The number of carbonyl (C=O) groups is 1. The zero-order valence-electron chi connectivity index (χ0n) is 12.4. The number of rotatable bonds is 5. The molecule has 0 bridgehead atoms. The number of benzene rings is 2. The maximum Gasteiger partial charge on any atom is 0.262 e. The van der Waals surface area contributed by atoms with Gasteiger partial charge in [0.2, 0.25) is 0 Å². The van der Waals surface area contributed by atoms with Gasteiger partial charge in [-0.1, -0.05) is 43.6 Å². The fraction of sp³-hybridized carbons (Fsp3) is 0.235. The quantitative estimate of drug-likeness (QED) is 0.767. The monoisotopic (exact) mass is 381 g/mol. The highest BCUT2D eigenvalue weighted by molar-refractivity contribution is 9.10. The molecule has 2 aromatic rings. The van der Waals surface area contributed by atoms with Crippen LogP contribution in [0.25, 0.3) is 0 Å². The van der Waals surface area contributed by atoms with E-state index >= 15 is 0 Å². The second-order valence-electron chi connectivity index (χ2n) is 5.16. The minimum Gasteiger partial charge on any atom is -0.483 e. The molecule has 0 aliphatic heterocycles.